The Labute approximate surface area is 138 Å². The Balaban J connectivity index is 1.75. The molecule has 1 saturated carbocycles. The molecule has 22 heavy (non-hydrogen) atoms. The zero-order valence-electron chi connectivity index (χ0n) is 12.6. The predicted molar refractivity (Wildman–Crippen MR) is 86.0 cm³/mol. The van der Waals surface area contributed by atoms with Gasteiger partial charge in [0.25, 0.3) is 5.91 Å². The summed E-state index contributed by atoms with van der Waals surface area (Å²) in [5, 5.41) is 0. The summed E-state index contributed by atoms with van der Waals surface area (Å²) in [6, 6.07) is 3.72. The Morgan fingerprint density at radius 1 is 1.36 bits per heavy atom. The lowest BCUT2D eigenvalue weighted by atomic mass is 9.94. The van der Waals surface area contributed by atoms with Crippen LogP contribution in [0.5, 0.6) is 0 Å². The molecule has 1 aliphatic rings. The van der Waals surface area contributed by atoms with Gasteiger partial charge in [0.1, 0.15) is 5.76 Å². The first-order valence-corrected chi connectivity index (χ1v) is 8.21. The van der Waals surface area contributed by atoms with Crippen LogP contribution in [-0.4, -0.2) is 36.5 Å². The third-order valence-electron chi connectivity index (χ3n) is 3.83. The quantitative estimate of drug-likeness (QED) is 0.589. The molecule has 1 aromatic rings. The fourth-order valence-corrected chi connectivity index (χ4v) is 2.84. The zero-order valence-corrected chi connectivity index (χ0v) is 14.2. The average molecular weight is 370 g/mol. The van der Waals surface area contributed by atoms with E-state index in [0.29, 0.717) is 10.4 Å². The van der Waals surface area contributed by atoms with Crippen molar-refractivity contribution in [2.45, 2.75) is 38.1 Å². The van der Waals surface area contributed by atoms with Gasteiger partial charge in [0.05, 0.1) is 0 Å². The summed E-state index contributed by atoms with van der Waals surface area (Å²) in [7, 11) is 1.78. The summed E-state index contributed by atoms with van der Waals surface area (Å²) in [6.07, 6.45) is 8.36. The molecule has 6 heteroatoms. The van der Waals surface area contributed by atoms with Gasteiger partial charge in [0.15, 0.2) is 11.3 Å². The van der Waals surface area contributed by atoms with E-state index >= 15 is 0 Å². The molecule has 5 nitrogen and oxygen atoms in total. The normalized spacial score (nSPS) is 15.9. The Morgan fingerprint density at radius 2 is 2.09 bits per heavy atom. The van der Waals surface area contributed by atoms with E-state index in [1.54, 1.807) is 24.1 Å². The van der Waals surface area contributed by atoms with Crippen LogP contribution >= 0.6 is 15.9 Å². The third-order valence-corrected chi connectivity index (χ3v) is 4.26. The van der Waals surface area contributed by atoms with Crippen molar-refractivity contribution in [1.82, 2.24) is 4.90 Å². The van der Waals surface area contributed by atoms with Gasteiger partial charge in [0.2, 0.25) is 0 Å². The van der Waals surface area contributed by atoms with Crippen LogP contribution in [0.3, 0.4) is 0 Å². The van der Waals surface area contributed by atoms with Crippen molar-refractivity contribution in [3.05, 3.63) is 28.6 Å². The van der Waals surface area contributed by atoms with Crippen molar-refractivity contribution in [2.24, 2.45) is 0 Å². The number of esters is 1. The lowest BCUT2D eigenvalue weighted by Gasteiger charge is -2.31. The second-order valence-electron chi connectivity index (χ2n) is 5.38. The molecule has 0 unspecified atom stereocenters. The summed E-state index contributed by atoms with van der Waals surface area (Å²) in [5.41, 5.74) is 0. The highest BCUT2D eigenvalue weighted by atomic mass is 79.9. The van der Waals surface area contributed by atoms with E-state index in [1.165, 1.54) is 18.6 Å². The summed E-state index contributed by atoms with van der Waals surface area (Å²) in [4.78, 5) is 25.3. The van der Waals surface area contributed by atoms with Gasteiger partial charge in [-0.3, -0.25) is 4.79 Å². The van der Waals surface area contributed by atoms with Gasteiger partial charge in [-0.25, -0.2) is 4.79 Å². The first-order valence-electron chi connectivity index (χ1n) is 7.42. The number of likely N-dealkylation sites (N-methyl/N-ethyl adjacent to an activating group) is 1. The molecule has 0 saturated heterocycles. The van der Waals surface area contributed by atoms with Crippen LogP contribution in [0.25, 0.3) is 6.08 Å². The highest BCUT2D eigenvalue weighted by molar-refractivity contribution is 9.10. The van der Waals surface area contributed by atoms with Crippen LogP contribution in [0.1, 0.15) is 37.9 Å². The SMILES string of the molecule is CN(C(=O)COC(=O)/C=C/c1ccc(Br)o1)C1CCCCC1. The minimum Gasteiger partial charge on any atom is -0.452 e. The molecule has 0 atom stereocenters. The van der Waals surface area contributed by atoms with Gasteiger partial charge in [0, 0.05) is 19.2 Å². The van der Waals surface area contributed by atoms with Crippen molar-refractivity contribution in [3.8, 4) is 0 Å². The maximum absolute atomic E-state index is 12.0. The number of amides is 1. The number of nitrogens with zero attached hydrogens (tertiary/aromatic N) is 1. The summed E-state index contributed by atoms with van der Waals surface area (Å²) >= 11 is 3.18. The van der Waals surface area contributed by atoms with Crippen molar-refractivity contribution >= 4 is 33.9 Å². The topological polar surface area (TPSA) is 59.8 Å². The molecule has 0 spiro atoms. The second kappa shape index (κ2) is 8.17. The highest BCUT2D eigenvalue weighted by Crippen LogP contribution is 2.21. The molecular weight excluding hydrogens is 350 g/mol. The van der Waals surface area contributed by atoms with Crippen molar-refractivity contribution < 1.29 is 18.7 Å². The average Bonchev–Trinajstić information content (AvgIpc) is 2.96. The highest BCUT2D eigenvalue weighted by Gasteiger charge is 2.22. The first kappa shape index (κ1) is 16.8. The Bertz CT molecular complexity index is 546. The molecule has 1 amide bonds. The maximum Gasteiger partial charge on any atom is 0.331 e. The Kier molecular flexibility index (Phi) is 6.24. The molecule has 1 fully saturated rings. The molecule has 0 aromatic carbocycles. The summed E-state index contributed by atoms with van der Waals surface area (Å²) < 4.78 is 10.8. The minimum absolute atomic E-state index is 0.158. The third kappa shape index (κ3) is 5.02. The molecule has 120 valence electrons. The first-order chi connectivity index (χ1) is 10.6. The van der Waals surface area contributed by atoms with E-state index in [9.17, 15) is 9.59 Å². The number of halogens is 1. The van der Waals surface area contributed by atoms with Crippen LogP contribution in [0.4, 0.5) is 0 Å². The number of ether oxygens (including phenoxy) is 1. The van der Waals surface area contributed by atoms with E-state index in [-0.39, 0.29) is 18.6 Å². The fourth-order valence-electron chi connectivity index (χ4n) is 2.52. The molecule has 0 bridgehead atoms. The smallest absolute Gasteiger partial charge is 0.331 e. The van der Waals surface area contributed by atoms with E-state index in [0.717, 1.165) is 25.7 Å². The van der Waals surface area contributed by atoms with Gasteiger partial charge in [-0.2, -0.15) is 0 Å². The number of furan rings is 1. The Morgan fingerprint density at radius 3 is 2.73 bits per heavy atom. The minimum atomic E-state index is -0.557. The van der Waals surface area contributed by atoms with Crippen LogP contribution < -0.4 is 0 Å². The van der Waals surface area contributed by atoms with Gasteiger partial charge < -0.3 is 14.1 Å². The molecule has 2 rings (SSSR count). The molecule has 1 heterocycles. The van der Waals surface area contributed by atoms with Gasteiger partial charge in [-0.15, -0.1) is 0 Å². The van der Waals surface area contributed by atoms with Crippen LogP contribution in [-0.2, 0) is 14.3 Å². The van der Waals surface area contributed by atoms with E-state index in [2.05, 4.69) is 15.9 Å². The van der Waals surface area contributed by atoms with E-state index < -0.39 is 5.97 Å². The zero-order chi connectivity index (χ0) is 15.9. The monoisotopic (exact) mass is 369 g/mol. The number of hydrogen-bond donors (Lipinski definition) is 0. The van der Waals surface area contributed by atoms with Crippen LogP contribution in [0.2, 0.25) is 0 Å². The van der Waals surface area contributed by atoms with Crippen LogP contribution in [0.15, 0.2) is 27.3 Å². The Hall–Kier alpha value is -1.56. The lowest BCUT2D eigenvalue weighted by Crippen LogP contribution is -2.40. The molecular formula is C16H20BrNO4. The van der Waals surface area contributed by atoms with E-state index in [4.69, 9.17) is 9.15 Å². The van der Waals surface area contributed by atoms with Crippen molar-refractivity contribution in [1.29, 1.82) is 0 Å². The molecule has 1 aromatic heterocycles. The lowest BCUT2D eigenvalue weighted by molar-refractivity contribution is -0.148. The van der Waals surface area contributed by atoms with Crippen molar-refractivity contribution in [3.63, 3.8) is 0 Å². The van der Waals surface area contributed by atoms with E-state index in [1.807, 2.05) is 0 Å². The molecule has 0 aliphatic heterocycles. The molecule has 0 N–H and O–H groups in total. The molecule has 1 aliphatic carbocycles. The van der Waals surface area contributed by atoms with Crippen LogP contribution in [0, 0.1) is 0 Å². The van der Waals surface area contributed by atoms with Gasteiger partial charge >= 0.3 is 5.97 Å². The summed E-state index contributed by atoms with van der Waals surface area (Å²) in [5.74, 6) is -0.179. The largest absolute Gasteiger partial charge is 0.452 e. The van der Waals surface area contributed by atoms with Gasteiger partial charge in [-0.05, 0) is 47.0 Å². The number of carbonyl (C=O) groups excluding carboxylic acids is 2. The van der Waals surface area contributed by atoms with Gasteiger partial charge in [-0.1, -0.05) is 19.3 Å². The number of hydrogen-bond acceptors (Lipinski definition) is 4. The number of rotatable bonds is 5. The molecule has 0 radical (unpaired) electrons. The standard InChI is InChI=1S/C16H20BrNO4/c1-18(12-5-3-2-4-6-12)15(19)11-21-16(20)10-8-13-7-9-14(17)22-13/h7-10,12H,2-6,11H2,1H3/b10-8+. The predicted octanol–water partition coefficient (Wildman–Crippen LogP) is 3.39. The number of carbonyl (C=O) groups is 2. The second-order valence-corrected chi connectivity index (χ2v) is 6.16. The maximum atomic E-state index is 12.0. The summed E-state index contributed by atoms with van der Waals surface area (Å²) in [6.45, 7) is -0.224. The van der Waals surface area contributed by atoms with Crippen molar-refractivity contribution in [2.75, 3.05) is 13.7 Å². The fraction of sp³-hybridized carbons (Fsp3) is 0.500.